The van der Waals surface area contributed by atoms with Crippen LogP contribution in [-0.4, -0.2) is 30.2 Å². The van der Waals surface area contributed by atoms with E-state index in [9.17, 15) is 0 Å². The van der Waals surface area contributed by atoms with Crippen molar-refractivity contribution in [2.75, 3.05) is 30.9 Å². The molecule has 6 heteroatoms. The lowest BCUT2D eigenvalue weighted by atomic mass is 10.2. The molecule has 0 bridgehead atoms. The smallest absolute Gasteiger partial charge is 0.229 e. The zero-order chi connectivity index (χ0) is 15.1. The van der Waals surface area contributed by atoms with E-state index in [-0.39, 0.29) is 0 Å². The molecule has 0 saturated heterocycles. The molecule has 21 heavy (non-hydrogen) atoms. The molecule has 0 atom stereocenters. The summed E-state index contributed by atoms with van der Waals surface area (Å²) in [4.78, 5) is 8.64. The average Bonchev–Trinajstić information content (AvgIpc) is 2.47. The quantitative estimate of drug-likeness (QED) is 0.765. The number of ether oxygens (including phenoxy) is 1. The standard InChI is InChI=1S/C15H19ClN4O/c1-11-10-12(16)4-5-13(11)19-15-18-8-6-14(20-15)17-7-3-9-21-2/h4-6,8,10H,3,7,9H2,1-2H3,(H2,17,18,19,20). The van der Waals surface area contributed by atoms with Gasteiger partial charge >= 0.3 is 0 Å². The lowest BCUT2D eigenvalue weighted by molar-refractivity contribution is 0.198. The Morgan fingerprint density at radius 3 is 2.90 bits per heavy atom. The molecule has 1 aromatic heterocycles. The third-order valence-electron chi connectivity index (χ3n) is 2.92. The van der Waals surface area contributed by atoms with E-state index in [1.807, 2.05) is 31.2 Å². The Bertz CT molecular complexity index is 592. The van der Waals surface area contributed by atoms with Gasteiger partial charge in [-0.15, -0.1) is 0 Å². The highest BCUT2D eigenvalue weighted by atomic mass is 35.5. The van der Waals surface area contributed by atoms with Gasteiger partial charge in [-0.05, 0) is 43.2 Å². The minimum atomic E-state index is 0.553. The van der Waals surface area contributed by atoms with E-state index < -0.39 is 0 Å². The van der Waals surface area contributed by atoms with Gasteiger partial charge in [0.2, 0.25) is 5.95 Å². The fourth-order valence-corrected chi connectivity index (χ4v) is 2.06. The molecule has 5 nitrogen and oxygen atoms in total. The first kappa shape index (κ1) is 15.5. The number of hydrogen-bond acceptors (Lipinski definition) is 5. The molecule has 0 spiro atoms. The maximum Gasteiger partial charge on any atom is 0.229 e. The Morgan fingerprint density at radius 2 is 2.14 bits per heavy atom. The van der Waals surface area contributed by atoms with Gasteiger partial charge in [0.1, 0.15) is 5.82 Å². The molecule has 0 radical (unpaired) electrons. The van der Waals surface area contributed by atoms with Crippen LogP contribution in [0.15, 0.2) is 30.5 Å². The van der Waals surface area contributed by atoms with Crippen molar-refractivity contribution >= 4 is 29.1 Å². The monoisotopic (exact) mass is 306 g/mol. The van der Waals surface area contributed by atoms with Gasteiger partial charge in [-0.1, -0.05) is 11.6 Å². The second kappa shape index (κ2) is 7.81. The molecule has 0 aliphatic carbocycles. The van der Waals surface area contributed by atoms with Crippen molar-refractivity contribution in [3.05, 3.63) is 41.0 Å². The summed E-state index contributed by atoms with van der Waals surface area (Å²) in [7, 11) is 1.70. The lowest BCUT2D eigenvalue weighted by Gasteiger charge is -2.10. The van der Waals surface area contributed by atoms with Gasteiger partial charge in [-0.25, -0.2) is 4.98 Å². The van der Waals surface area contributed by atoms with E-state index in [1.165, 1.54) is 0 Å². The zero-order valence-corrected chi connectivity index (χ0v) is 12.9. The van der Waals surface area contributed by atoms with Gasteiger partial charge in [0.15, 0.2) is 0 Å². The van der Waals surface area contributed by atoms with Crippen LogP contribution in [0.4, 0.5) is 17.5 Å². The second-order valence-electron chi connectivity index (χ2n) is 4.62. The molecule has 2 N–H and O–H groups in total. The third kappa shape index (κ3) is 4.88. The predicted molar refractivity (Wildman–Crippen MR) is 86.5 cm³/mol. The maximum atomic E-state index is 5.95. The van der Waals surface area contributed by atoms with Crippen molar-refractivity contribution in [2.45, 2.75) is 13.3 Å². The molecule has 0 amide bonds. The van der Waals surface area contributed by atoms with Crippen LogP contribution in [0.3, 0.4) is 0 Å². The second-order valence-corrected chi connectivity index (χ2v) is 5.06. The summed E-state index contributed by atoms with van der Waals surface area (Å²) in [6.45, 7) is 3.53. The topological polar surface area (TPSA) is 59.1 Å². The van der Waals surface area contributed by atoms with E-state index in [2.05, 4.69) is 20.6 Å². The Kier molecular flexibility index (Phi) is 5.78. The minimum absolute atomic E-state index is 0.553. The number of aromatic nitrogens is 2. The Labute approximate surface area is 129 Å². The third-order valence-corrected chi connectivity index (χ3v) is 3.16. The minimum Gasteiger partial charge on any atom is -0.385 e. The van der Waals surface area contributed by atoms with Crippen LogP contribution in [-0.2, 0) is 4.74 Å². The zero-order valence-electron chi connectivity index (χ0n) is 12.2. The lowest BCUT2D eigenvalue weighted by Crippen LogP contribution is -2.07. The molecule has 0 aliphatic rings. The van der Waals surface area contributed by atoms with Crippen molar-refractivity contribution in [1.29, 1.82) is 0 Å². The first-order valence-electron chi connectivity index (χ1n) is 6.78. The van der Waals surface area contributed by atoms with E-state index in [0.717, 1.165) is 36.6 Å². The molecule has 0 aliphatic heterocycles. The van der Waals surface area contributed by atoms with E-state index in [0.29, 0.717) is 11.0 Å². The van der Waals surface area contributed by atoms with E-state index >= 15 is 0 Å². The number of aryl methyl sites for hydroxylation is 1. The summed E-state index contributed by atoms with van der Waals surface area (Å²) in [5.74, 6) is 1.34. The van der Waals surface area contributed by atoms with Crippen molar-refractivity contribution in [3.8, 4) is 0 Å². The first-order valence-corrected chi connectivity index (χ1v) is 7.16. The van der Waals surface area contributed by atoms with E-state index in [1.54, 1.807) is 13.3 Å². The van der Waals surface area contributed by atoms with Gasteiger partial charge < -0.3 is 15.4 Å². The number of nitrogens with one attached hydrogen (secondary N) is 2. The van der Waals surface area contributed by atoms with Crippen LogP contribution in [0.5, 0.6) is 0 Å². The maximum absolute atomic E-state index is 5.95. The van der Waals surface area contributed by atoms with Crippen LogP contribution >= 0.6 is 11.6 Å². The Morgan fingerprint density at radius 1 is 1.29 bits per heavy atom. The number of methoxy groups -OCH3 is 1. The summed E-state index contributed by atoms with van der Waals surface area (Å²) in [5, 5.41) is 7.15. The van der Waals surface area contributed by atoms with Crippen LogP contribution in [0.1, 0.15) is 12.0 Å². The molecular formula is C15H19ClN4O. The highest BCUT2D eigenvalue weighted by Gasteiger charge is 2.03. The number of benzene rings is 1. The van der Waals surface area contributed by atoms with Crippen LogP contribution in [0.2, 0.25) is 5.02 Å². The van der Waals surface area contributed by atoms with Gasteiger partial charge in [0.05, 0.1) is 0 Å². The summed E-state index contributed by atoms with van der Waals surface area (Å²) in [6, 6.07) is 7.49. The average molecular weight is 307 g/mol. The molecule has 112 valence electrons. The number of halogens is 1. The van der Waals surface area contributed by atoms with Gasteiger partial charge in [0, 0.05) is 37.2 Å². The summed E-state index contributed by atoms with van der Waals surface area (Å²) in [6.07, 6.45) is 2.65. The summed E-state index contributed by atoms with van der Waals surface area (Å²) >= 11 is 5.95. The first-order chi connectivity index (χ1) is 10.2. The van der Waals surface area contributed by atoms with Crippen molar-refractivity contribution in [2.24, 2.45) is 0 Å². The number of rotatable bonds is 7. The molecular weight excluding hydrogens is 288 g/mol. The molecule has 0 saturated carbocycles. The molecule has 2 rings (SSSR count). The van der Waals surface area contributed by atoms with E-state index in [4.69, 9.17) is 16.3 Å². The number of hydrogen-bond donors (Lipinski definition) is 2. The van der Waals surface area contributed by atoms with Crippen LogP contribution in [0, 0.1) is 6.92 Å². The van der Waals surface area contributed by atoms with Crippen molar-refractivity contribution in [3.63, 3.8) is 0 Å². The highest BCUT2D eigenvalue weighted by molar-refractivity contribution is 6.30. The Hall–Kier alpha value is -1.85. The Balaban J connectivity index is 2.00. The van der Waals surface area contributed by atoms with Gasteiger partial charge in [0.25, 0.3) is 0 Å². The molecule has 1 heterocycles. The normalized spacial score (nSPS) is 10.4. The SMILES string of the molecule is COCCCNc1ccnc(Nc2ccc(Cl)cc2C)n1. The van der Waals surface area contributed by atoms with Crippen LogP contribution in [0.25, 0.3) is 0 Å². The summed E-state index contributed by atoms with van der Waals surface area (Å²) < 4.78 is 5.01. The van der Waals surface area contributed by atoms with Crippen molar-refractivity contribution in [1.82, 2.24) is 9.97 Å². The fraction of sp³-hybridized carbons (Fsp3) is 0.333. The molecule has 1 aromatic carbocycles. The van der Waals surface area contributed by atoms with Crippen molar-refractivity contribution < 1.29 is 4.74 Å². The molecule has 2 aromatic rings. The van der Waals surface area contributed by atoms with Gasteiger partial charge in [-0.2, -0.15) is 4.98 Å². The molecule has 0 unspecified atom stereocenters. The van der Waals surface area contributed by atoms with Crippen LogP contribution < -0.4 is 10.6 Å². The highest BCUT2D eigenvalue weighted by Crippen LogP contribution is 2.22. The molecule has 0 fully saturated rings. The predicted octanol–water partition coefficient (Wildman–Crippen LogP) is 3.63. The summed E-state index contributed by atoms with van der Waals surface area (Å²) in [5.41, 5.74) is 1.99. The fourth-order valence-electron chi connectivity index (χ4n) is 1.84. The largest absolute Gasteiger partial charge is 0.385 e. The number of nitrogens with zero attached hydrogens (tertiary/aromatic N) is 2. The number of anilines is 3. The van der Waals surface area contributed by atoms with Gasteiger partial charge in [-0.3, -0.25) is 0 Å².